The first-order chi connectivity index (χ1) is 8.20. The lowest BCUT2D eigenvalue weighted by molar-refractivity contribution is 0.0924. The number of carbonyl (C=O) groups is 1. The molecule has 2 aliphatic heterocycles. The van der Waals surface area contributed by atoms with Gasteiger partial charge >= 0.3 is 0 Å². The molecule has 1 amide bonds. The van der Waals surface area contributed by atoms with Crippen molar-refractivity contribution >= 4 is 29.9 Å². The molecule has 98 valence electrons. The number of nitrogens with one attached hydrogen (secondary N) is 2. The molecule has 3 rings (SSSR count). The molecule has 2 N–H and O–H groups in total. The van der Waals surface area contributed by atoms with E-state index in [1.807, 2.05) is 6.07 Å². The Labute approximate surface area is 118 Å². The maximum Gasteiger partial charge on any atom is 0.253 e. The van der Waals surface area contributed by atoms with Crippen molar-refractivity contribution < 1.29 is 4.79 Å². The van der Waals surface area contributed by atoms with E-state index in [1.165, 1.54) is 5.56 Å². The molecule has 18 heavy (non-hydrogen) atoms. The van der Waals surface area contributed by atoms with E-state index in [1.54, 1.807) is 0 Å². The van der Waals surface area contributed by atoms with Gasteiger partial charge in [-0.15, -0.1) is 12.4 Å². The Kier molecular flexibility index (Phi) is 3.85. The third-order valence-corrected chi connectivity index (χ3v) is 4.04. The highest BCUT2D eigenvalue weighted by molar-refractivity contribution is 6.34. The lowest BCUT2D eigenvalue weighted by Crippen LogP contribution is -2.44. The first-order valence-corrected chi connectivity index (χ1v) is 6.42. The second kappa shape index (κ2) is 5.08. The molecule has 2 atom stereocenters. The molecule has 0 aromatic heterocycles. The number of aryl methyl sites for hydroxylation is 1. The van der Waals surface area contributed by atoms with Crippen LogP contribution in [0, 0.1) is 0 Å². The van der Waals surface area contributed by atoms with Gasteiger partial charge in [0.2, 0.25) is 0 Å². The Morgan fingerprint density at radius 2 is 2.17 bits per heavy atom. The van der Waals surface area contributed by atoms with Crippen molar-refractivity contribution in [1.82, 2.24) is 10.6 Å². The van der Waals surface area contributed by atoms with Crippen molar-refractivity contribution in [3.05, 3.63) is 33.8 Å². The Morgan fingerprint density at radius 3 is 2.89 bits per heavy atom. The van der Waals surface area contributed by atoms with E-state index in [2.05, 4.69) is 23.6 Å². The Hall–Kier alpha value is -0.770. The van der Waals surface area contributed by atoms with Crippen LogP contribution < -0.4 is 10.6 Å². The zero-order valence-electron chi connectivity index (χ0n) is 10.1. The van der Waals surface area contributed by atoms with Crippen LogP contribution in [0.2, 0.25) is 5.02 Å². The Bertz CT molecular complexity index is 490. The highest BCUT2D eigenvalue weighted by atomic mass is 35.5. The Balaban J connectivity index is 0.00000120. The largest absolute Gasteiger partial charge is 0.347 e. The molecule has 0 bridgehead atoms. The maximum absolute atomic E-state index is 12.0. The summed E-state index contributed by atoms with van der Waals surface area (Å²) in [5.41, 5.74) is 3.00. The summed E-state index contributed by atoms with van der Waals surface area (Å²) in [5.74, 6) is 0.337. The predicted molar refractivity (Wildman–Crippen MR) is 74.9 cm³/mol. The topological polar surface area (TPSA) is 41.1 Å². The van der Waals surface area contributed by atoms with E-state index in [9.17, 15) is 4.79 Å². The molecular weight excluding hydrogens is 271 g/mol. The van der Waals surface area contributed by atoms with Gasteiger partial charge in [-0.05, 0) is 23.6 Å². The van der Waals surface area contributed by atoms with Crippen molar-refractivity contribution in [2.75, 3.05) is 13.1 Å². The van der Waals surface area contributed by atoms with Gasteiger partial charge in [0.05, 0.1) is 10.6 Å². The van der Waals surface area contributed by atoms with Gasteiger partial charge in [-0.1, -0.05) is 24.6 Å². The minimum Gasteiger partial charge on any atom is -0.347 e. The van der Waals surface area contributed by atoms with Gasteiger partial charge in [-0.3, -0.25) is 4.79 Å². The summed E-state index contributed by atoms with van der Waals surface area (Å²) in [6, 6.07) is 4.27. The number of halogens is 2. The van der Waals surface area contributed by atoms with Crippen LogP contribution in [0.1, 0.15) is 34.3 Å². The average molecular weight is 287 g/mol. The van der Waals surface area contributed by atoms with Crippen molar-refractivity contribution in [3.63, 3.8) is 0 Å². The second-order valence-corrected chi connectivity index (χ2v) is 5.15. The summed E-state index contributed by atoms with van der Waals surface area (Å²) in [7, 11) is 0. The van der Waals surface area contributed by atoms with Crippen molar-refractivity contribution in [2.45, 2.75) is 25.3 Å². The number of hydrogen-bond donors (Lipinski definition) is 2. The summed E-state index contributed by atoms with van der Waals surface area (Å²) in [6.07, 6.45) is 0.944. The highest BCUT2D eigenvalue weighted by Gasteiger charge is 2.37. The number of rotatable bonds is 1. The lowest BCUT2D eigenvalue weighted by atomic mass is 9.85. The van der Waals surface area contributed by atoms with E-state index in [-0.39, 0.29) is 24.4 Å². The monoisotopic (exact) mass is 286 g/mol. The fraction of sp³-hybridized carbons (Fsp3) is 0.462. The van der Waals surface area contributed by atoms with Crippen LogP contribution in [0.3, 0.4) is 0 Å². The molecule has 5 heteroatoms. The lowest BCUT2D eigenvalue weighted by Gasteiger charge is -2.29. The van der Waals surface area contributed by atoms with Gasteiger partial charge in [-0.2, -0.15) is 0 Å². The summed E-state index contributed by atoms with van der Waals surface area (Å²) >= 11 is 6.23. The van der Waals surface area contributed by atoms with Crippen LogP contribution in [-0.2, 0) is 6.42 Å². The minimum atomic E-state index is -0.0300. The quantitative estimate of drug-likeness (QED) is 0.830. The predicted octanol–water partition coefficient (Wildman–Crippen LogP) is 2.12. The van der Waals surface area contributed by atoms with Crippen LogP contribution >= 0.6 is 24.0 Å². The van der Waals surface area contributed by atoms with Crippen molar-refractivity contribution in [2.24, 2.45) is 0 Å². The summed E-state index contributed by atoms with van der Waals surface area (Å²) in [6.45, 7) is 3.87. The molecule has 2 aliphatic rings. The molecule has 2 heterocycles. The molecule has 0 unspecified atom stereocenters. The van der Waals surface area contributed by atoms with Crippen LogP contribution in [0.5, 0.6) is 0 Å². The smallest absolute Gasteiger partial charge is 0.253 e. The minimum absolute atomic E-state index is 0. The van der Waals surface area contributed by atoms with E-state index < -0.39 is 0 Å². The molecule has 1 fully saturated rings. The molecule has 1 saturated heterocycles. The standard InChI is InChI=1S/C13H15ClN2O.ClH/c1-2-7-3-8-9-5-15-6-11(9)16-13(17)12(8)10(14)4-7;/h3-4,9,11,15H,2,5-6H2,1H3,(H,16,17);1H/t9-,11+;/m0./s1. The molecular formula is C13H16Cl2N2O. The number of carbonyl (C=O) groups excluding carboxylic acids is 1. The van der Waals surface area contributed by atoms with Gasteiger partial charge < -0.3 is 10.6 Å². The summed E-state index contributed by atoms with van der Waals surface area (Å²) in [4.78, 5) is 12.0. The van der Waals surface area contributed by atoms with Crippen LogP contribution in [0.4, 0.5) is 0 Å². The third kappa shape index (κ3) is 2.00. The first kappa shape index (κ1) is 13.7. The van der Waals surface area contributed by atoms with Crippen LogP contribution in [0.15, 0.2) is 12.1 Å². The highest BCUT2D eigenvalue weighted by Crippen LogP contribution is 2.35. The molecule has 3 nitrogen and oxygen atoms in total. The molecule has 1 aromatic rings. The number of hydrogen-bond acceptors (Lipinski definition) is 2. The molecule has 0 aliphatic carbocycles. The van der Waals surface area contributed by atoms with Crippen molar-refractivity contribution in [1.29, 1.82) is 0 Å². The van der Waals surface area contributed by atoms with Crippen LogP contribution in [0.25, 0.3) is 0 Å². The SMILES string of the molecule is CCc1cc(Cl)c2c(c1)[C@@H]1CNC[C@H]1NC2=O.Cl. The van der Waals surface area contributed by atoms with E-state index in [0.29, 0.717) is 16.5 Å². The van der Waals surface area contributed by atoms with E-state index >= 15 is 0 Å². The normalized spacial score (nSPS) is 24.9. The van der Waals surface area contributed by atoms with Gasteiger partial charge in [0, 0.05) is 25.0 Å². The fourth-order valence-corrected chi connectivity index (χ4v) is 3.16. The first-order valence-electron chi connectivity index (χ1n) is 6.04. The zero-order chi connectivity index (χ0) is 12.0. The summed E-state index contributed by atoms with van der Waals surface area (Å²) in [5, 5.41) is 6.94. The third-order valence-electron chi connectivity index (χ3n) is 3.75. The molecule has 0 spiro atoms. The summed E-state index contributed by atoms with van der Waals surface area (Å²) < 4.78 is 0. The Morgan fingerprint density at radius 1 is 1.39 bits per heavy atom. The second-order valence-electron chi connectivity index (χ2n) is 4.74. The van der Waals surface area contributed by atoms with E-state index in [4.69, 9.17) is 11.6 Å². The van der Waals surface area contributed by atoms with E-state index in [0.717, 1.165) is 25.1 Å². The molecule has 0 saturated carbocycles. The van der Waals surface area contributed by atoms with Crippen molar-refractivity contribution in [3.8, 4) is 0 Å². The van der Waals surface area contributed by atoms with Gasteiger partial charge in [0.25, 0.3) is 5.91 Å². The number of benzene rings is 1. The maximum atomic E-state index is 12.0. The molecule has 0 radical (unpaired) electrons. The van der Waals surface area contributed by atoms with Crippen LogP contribution in [-0.4, -0.2) is 25.0 Å². The number of amides is 1. The number of fused-ring (bicyclic) bond motifs is 3. The fourth-order valence-electron chi connectivity index (χ4n) is 2.82. The van der Waals surface area contributed by atoms with Gasteiger partial charge in [0.1, 0.15) is 0 Å². The average Bonchev–Trinajstić information content (AvgIpc) is 2.76. The van der Waals surface area contributed by atoms with Gasteiger partial charge in [-0.25, -0.2) is 0 Å². The zero-order valence-corrected chi connectivity index (χ0v) is 11.7. The molecule has 1 aromatic carbocycles. The van der Waals surface area contributed by atoms with Gasteiger partial charge in [0.15, 0.2) is 0 Å².